The van der Waals surface area contributed by atoms with Crippen molar-refractivity contribution in [2.45, 2.75) is 46.5 Å². The van der Waals surface area contributed by atoms with Crippen LogP contribution in [0.1, 0.15) is 56.2 Å². The van der Waals surface area contributed by atoms with Crippen LogP contribution in [0.25, 0.3) is 28.0 Å². The van der Waals surface area contributed by atoms with Gasteiger partial charge in [0.15, 0.2) is 11.7 Å². The number of imidazole rings is 1. The van der Waals surface area contributed by atoms with Gasteiger partial charge in [0.25, 0.3) is 0 Å². The van der Waals surface area contributed by atoms with E-state index in [1.54, 1.807) is 0 Å². The summed E-state index contributed by atoms with van der Waals surface area (Å²) >= 11 is 0. The number of hydrogen-bond donors (Lipinski definition) is 0. The molecule has 0 saturated heterocycles. The molecule has 0 fully saturated rings. The molecule has 3 heteroatoms. The van der Waals surface area contributed by atoms with Crippen LogP contribution in [0.5, 0.6) is 0 Å². The van der Waals surface area contributed by atoms with Crippen LogP contribution in [0.4, 0.5) is 0 Å². The summed E-state index contributed by atoms with van der Waals surface area (Å²) in [5.74, 6) is 0.883. The number of benzene rings is 2. The maximum Gasteiger partial charge on any atom is 0.240 e. The van der Waals surface area contributed by atoms with Gasteiger partial charge in [-0.15, -0.1) is 0 Å². The molecule has 0 saturated carbocycles. The molecule has 0 bridgehead atoms. The van der Waals surface area contributed by atoms with Gasteiger partial charge in [-0.25, -0.2) is 4.98 Å². The average molecular weight is 385 g/mol. The maximum atomic E-state index is 4.92. The van der Waals surface area contributed by atoms with E-state index in [2.05, 4.69) is 106 Å². The molecule has 4 rings (SSSR count). The van der Waals surface area contributed by atoms with Gasteiger partial charge >= 0.3 is 0 Å². The van der Waals surface area contributed by atoms with Gasteiger partial charge in [-0.2, -0.15) is 4.57 Å². The highest BCUT2D eigenvalue weighted by molar-refractivity contribution is 5.89. The minimum atomic E-state index is 0.441. The number of nitrogens with zero attached hydrogens (tertiary/aromatic N) is 3. The van der Waals surface area contributed by atoms with E-state index in [4.69, 9.17) is 4.98 Å². The van der Waals surface area contributed by atoms with E-state index >= 15 is 0 Å². The van der Waals surface area contributed by atoms with Crippen molar-refractivity contribution in [2.75, 3.05) is 0 Å². The Morgan fingerprint density at radius 1 is 0.862 bits per heavy atom. The first-order valence-corrected chi connectivity index (χ1v) is 10.4. The fourth-order valence-corrected chi connectivity index (χ4v) is 4.25. The van der Waals surface area contributed by atoms with E-state index in [-0.39, 0.29) is 0 Å². The quantitative estimate of drug-likeness (QED) is 0.391. The predicted molar refractivity (Wildman–Crippen MR) is 121 cm³/mol. The number of hydrogen-bond acceptors (Lipinski definition) is 1. The molecule has 0 unspecified atom stereocenters. The molecule has 2 aromatic carbocycles. The SMILES string of the molecule is Cc1ccccc1-c1c2ncn(-c3c(C(C)C)cccc3C(C)C)c2cc[n+]1C. The van der Waals surface area contributed by atoms with E-state index in [0.717, 1.165) is 16.7 Å². The monoisotopic (exact) mass is 384 g/mol. The van der Waals surface area contributed by atoms with E-state index in [9.17, 15) is 0 Å². The van der Waals surface area contributed by atoms with Crippen molar-refractivity contribution in [1.29, 1.82) is 0 Å². The zero-order valence-corrected chi connectivity index (χ0v) is 18.3. The highest BCUT2D eigenvalue weighted by atomic mass is 15.1. The summed E-state index contributed by atoms with van der Waals surface area (Å²) in [7, 11) is 2.10. The summed E-state index contributed by atoms with van der Waals surface area (Å²) < 4.78 is 4.47. The smallest absolute Gasteiger partial charge is 0.240 e. The topological polar surface area (TPSA) is 21.7 Å². The number of fused-ring (bicyclic) bond motifs is 1. The highest BCUT2D eigenvalue weighted by Gasteiger charge is 2.23. The molecule has 2 aromatic heterocycles. The fraction of sp³-hybridized carbons (Fsp3) is 0.308. The highest BCUT2D eigenvalue weighted by Crippen LogP contribution is 2.34. The number of para-hydroxylation sites is 1. The summed E-state index contributed by atoms with van der Waals surface area (Å²) in [5.41, 5.74) is 9.84. The summed E-state index contributed by atoms with van der Waals surface area (Å²) in [6, 6.07) is 17.4. The van der Waals surface area contributed by atoms with Crippen molar-refractivity contribution in [2.24, 2.45) is 7.05 Å². The van der Waals surface area contributed by atoms with Gasteiger partial charge in [0, 0.05) is 6.07 Å². The molecule has 0 aliphatic carbocycles. The zero-order valence-electron chi connectivity index (χ0n) is 18.3. The first kappa shape index (κ1) is 19.4. The van der Waals surface area contributed by atoms with Crippen molar-refractivity contribution >= 4 is 11.0 Å². The van der Waals surface area contributed by atoms with Gasteiger partial charge in [0.05, 0.1) is 16.8 Å². The number of pyridine rings is 1. The Balaban J connectivity index is 2.05. The minimum absolute atomic E-state index is 0.441. The second-order valence-corrected chi connectivity index (χ2v) is 8.53. The third-order valence-electron chi connectivity index (χ3n) is 5.82. The Bertz CT molecular complexity index is 1160. The van der Waals surface area contributed by atoms with Crippen LogP contribution in [0.2, 0.25) is 0 Å². The van der Waals surface area contributed by atoms with E-state index in [0.29, 0.717) is 11.8 Å². The molecule has 0 amide bonds. The van der Waals surface area contributed by atoms with Crippen LogP contribution in [0, 0.1) is 6.92 Å². The fourth-order valence-electron chi connectivity index (χ4n) is 4.25. The minimum Gasteiger partial charge on any atom is -0.298 e. The van der Waals surface area contributed by atoms with Gasteiger partial charge in [0.2, 0.25) is 5.69 Å². The lowest BCUT2D eigenvalue weighted by molar-refractivity contribution is -0.659. The second kappa shape index (κ2) is 7.47. The average Bonchev–Trinajstić information content (AvgIpc) is 3.11. The Hall–Kier alpha value is -2.94. The van der Waals surface area contributed by atoms with E-state index < -0.39 is 0 Å². The molecule has 4 aromatic rings. The Morgan fingerprint density at radius 3 is 2.14 bits per heavy atom. The summed E-state index contributed by atoms with van der Waals surface area (Å²) in [6.07, 6.45) is 4.15. The number of aromatic nitrogens is 3. The van der Waals surface area contributed by atoms with Crippen molar-refractivity contribution in [3.63, 3.8) is 0 Å². The van der Waals surface area contributed by atoms with Crippen molar-refractivity contribution < 1.29 is 4.57 Å². The van der Waals surface area contributed by atoms with E-state index in [1.807, 2.05) is 6.33 Å². The lowest BCUT2D eigenvalue weighted by Gasteiger charge is -2.20. The summed E-state index contributed by atoms with van der Waals surface area (Å²) in [5, 5.41) is 0. The lowest BCUT2D eigenvalue weighted by atomic mass is 9.92. The van der Waals surface area contributed by atoms with Crippen molar-refractivity contribution in [1.82, 2.24) is 9.55 Å². The molecule has 2 heterocycles. The van der Waals surface area contributed by atoms with Crippen LogP contribution in [0.15, 0.2) is 61.1 Å². The van der Waals surface area contributed by atoms with Gasteiger partial charge in [-0.05, 0) is 41.5 Å². The molecule has 0 aliphatic heterocycles. The maximum absolute atomic E-state index is 4.92. The molecule has 0 N–H and O–H groups in total. The molecule has 0 atom stereocenters. The summed E-state index contributed by atoms with van der Waals surface area (Å²) in [4.78, 5) is 4.92. The third kappa shape index (κ3) is 3.25. The Kier molecular flexibility index (Phi) is 4.99. The molecule has 0 radical (unpaired) electrons. The van der Waals surface area contributed by atoms with Crippen LogP contribution in [-0.2, 0) is 7.05 Å². The standard InChI is InChI=1S/C26H30N3/c1-17(2)20-12-9-13-21(18(3)4)25(20)29-16-27-24-23(29)14-15-28(6)26(24)22-11-8-7-10-19(22)5/h7-18H,1-6H3/q+1. The molecule has 0 spiro atoms. The van der Waals surface area contributed by atoms with Gasteiger partial charge in [-0.3, -0.25) is 4.57 Å². The lowest BCUT2D eigenvalue weighted by Crippen LogP contribution is -2.30. The zero-order chi connectivity index (χ0) is 20.7. The van der Waals surface area contributed by atoms with Crippen molar-refractivity contribution in [3.05, 3.63) is 77.7 Å². The molecule has 3 nitrogen and oxygen atoms in total. The van der Waals surface area contributed by atoms with Crippen LogP contribution < -0.4 is 4.57 Å². The molecular formula is C26H30N3+. The third-order valence-corrected chi connectivity index (χ3v) is 5.82. The molecular weight excluding hydrogens is 354 g/mol. The number of rotatable bonds is 4. The number of aryl methyl sites for hydroxylation is 2. The second-order valence-electron chi connectivity index (χ2n) is 8.53. The van der Waals surface area contributed by atoms with E-state index in [1.165, 1.54) is 27.9 Å². The van der Waals surface area contributed by atoms with Crippen molar-refractivity contribution in [3.8, 4) is 16.9 Å². The van der Waals surface area contributed by atoms with Gasteiger partial charge in [0.1, 0.15) is 13.4 Å². The van der Waals surface area contributed by atoms with Gasteiger partial charge < -0.3 is 0 Å². The Morgan fingerprint density at radius 2 is 1.52 bits per heavy atom. The predicted octanol–water partition coefficient (Wildman–Crippen LogP) is 6.07. The Labute approximate surface area is 173 Å². The molecule has 29 heavy (non-hydrogen) atoms. The normalized spacial score (nSPS) is 11.7. The summed E-state index contributed by atoms with van der Waals surface area (Å²) in [6.45, 7) is 11.2. The largest absolute Gasteiger partial charge is 0.298 e. The van der Waals surface area contributed by atoms with Gasteiger partial charge in [-0.1, -0.05) is 64.1 Å². The first-order chi connectivity index (χ1) is 13.9. The van der Waals surface area contributed by atoms with Crippen LogP contribution in [-0.4, -0.2) is 9.55 Å². The first-order valence-electron chi connectivity index (χ1n) is 10.4. The molecule has 0 aliphatic rings. The van der Waals surface area contributed by atoms with Crippen LogP contribution >= 0.6 is 0 Å². The molecule has 148 valence electrons. The van der Waals surface area contributed by atoms with Crippen LogP contribution in [0.3, 0.4) is 0 Å².